The molecule has 1 saturated carbocycles. The largest absolute Gasteiger partial charge is 0.389 e. The summed E-state index contributed by atoms with van der Waals surface area (Å²) in [6.45, 7) is 2.01. The summed E-state index contributed by atoms with van der Waals surface area (Å²) in [4.78, 5) is 16.5. The van der Waals surface area contributed by atoms with Gasteiger partial charge >= 0.3 is 0 Å². The fraction of sp³-hybridized carbons (Fsp3) is 0.467. The van der Waals surface area contributed by atoms with Gasteiger partial charge in [-0.2, -0.15) is 0 Å². The molecule has 3 rings (SSSR count). The molecule has 1 fully saturated rings. The van der Waals surface area contributed by atoms with Crippen LogP contribution in [0, 0.1) is 6.92 Å². The Kier molecular flexibility index (Phi) is 3.48. The molecular weight excluding hydrogens is 272 g/mol. The first-order valence-corrected chi connectivity index (χ1v) is 7.76. The summed E-state index contributed by atoms with van der Waals surface area (Å²) in [6, 6.07) is 6.00. The number of aliphatic hydroxyl groups is 1. The first-order chi connectivity index (χ1) is 9.56. The lowest BCUT2D eigenvalue weighted by molar-refractivity contribution is -0.120. The van der Waals surface area contributed by atoms with Crippen molar-refractivity contribution in [3.05, 3.63) is 23.8 Å². The molecule has 0 saturated heterocycles. The van der Waals surface area contributed by atoms with E-state index in [-0.39, 0.29) is 12.3 Å². The van der Waals surface area contributed by atoms with Gasteiger partial charge in [0, 0.05) is 0 Å². The average molecular weight is 290 g/mol. The van der Waals surface area contributed by atoms with Crippen LogP contribution in [0.25, 0.3) is 10.2 Å². The van der Waals surface area contributed by atoms with Crippen molar-refractivity contribution in [3.63, 3.8) is 0 Å². The van der Waals surface area contributed by atoms with Crippen LogP contribution in [0.5, 0.6) is 0 Å². The third-order valence-electron chi connectivity index (χ3n) is 3.89. The van der Waals surface area contributed by atoms with Gasteiger partial charge in [0.05, 0.1) is 22.2 Å². The number of fused-ring (bicyclic) bond motifs is 1. The number of carbonyl (C=O) groups excluding carboxylic acids is 1. The van der Waals surface area contributed by atoms with Gasteiger partial charge in [-0.25, -0.2) is 4.98 Å². The zero-order valence-electron chi connectivity index (χ0n) is 11.5. The van der Waals surface area contributed by atoms with Crippen LogP contribution in [0.3, 0.4) is 0 Å². The Bertz CT molecular complexity index is 644. The van der Waals surface area contributed by atoms with Gasteiger partial charge in [0.25, 0.3) is 0 Å². The van der Waals surface area contributed by atoms with Gasteiger partial charge in [-0.05, 0) is 31.4 Å². The highest BCUT2D eigenvalue weighted by Crippen LogP contribution is 2.33. The van der Waals surface area contributed by atoms with E-state index in [0.717, 1.165) is 41.5 Å². The van der Waals surface area contributed by atoms with Crippen LogP contribution in [0.1, 0.15) is 37.7 Å². The summed E-state index contributed by atoms with van der Waals surface area (Å²) in [7, 11) is 0. The van der Waals surface area contributed by atoms with Gasteiger partial charge in [-0.1, -0.05) is 36.3 Å². The van der Waals surface area contributed by atoms with Crippen LogP contribution in [-0.4, -0.2) is 21.6 Å². The maximum Gasteiger partial charge on any atom is 0.229 e. The molecule has 5 heteroatoms. The number of para-hydroxylation sites is 1. The zero-order valence-corrected chi connectivity index (χ0v) is 12.3. The summed E-state index contributed by atoms with van der Waals surface area (Å²) in [5.41, 5.74) is 1.23. The lowest BCUT2D eigenvalue weighted by atomic mass is 9.98. The van der Waals surface area contributed by atoms with E-state index >= 15 is 0 Å². The van der Waals surface area contributed by atoms with Gasteiger partial charge in [-0.15, -0.1) is 0 Å². The fourth-order valence-corrected chi connectivity index (χ4v) is 3.77. The number of amides is 1. The van der Waals surface area contributed by atoms with Crippen molar-refractivity contribution in [1.29, 1.82) is 0 Å². The lowest BCUT2D eigenvalue weighted by Gasteiger charge is -2.20. The van der Waals surface area contributed by atoms with Gasteiger partial charge in [-0.3, -0.25) is 4.79 Å². The first-order valence-electron chi connectivity index (χ1n) is 6.94. The van der Waals surface area contributed by atoms with Crippen molar-refractivity contribution in [2.45, 2.75) is 44.6 Å². The number of nitrogens with one attached hydrogen (secondary N) is 1. The zero-order chi connectivity index (χ0) is 14.2. The molecular formula is C15H18N2O2S. The number of nitrogens with zero attached hydrogens (tertiary/aromatic N) is 1. The Morgan fingerprint density at radius 3 is 2.90 bits per heavy atom. The molecule has 0 aliphatic heterocycles. The molecule has 1 aromatic carbocycles. The molecule has 4 nitrogen and oxygen atoms in total. The third kappa shape index (κ3) is 2.69. The highest BCUT2D eigenvalue weighted by Gasteiger charge is 2.33. The molecule has 1 heterocycles. The summed E-state index contributed by atoms with van der Waals surface area (Å²) in [5, 5.41) is 13.7. The predicted molar refractivity (Wildman–Crippen MR) is 81.0 cm³/mol. The van der Waals surface area contributed by atoms with E-state index in [1.54, 1.807) is 0 Å². The first kappa shape index (κ1) is 13.5. The van der Waals surface area contributed by atoms with Crippen LogP contribution >= 0.6 is 11.3 Å². The Balaban J connectivity index is 1.72. The molecule has 1 amide bonds. The molecule has 0 atom stereocenters. The Morgan fingerprint density at radius 1 is 1.45 bits per heavy atom. The molecule has 0 spiro atoms. The summed E-state index contributed by atoms with van der Waals surface area (Å²) in [6.07, 6.45) is 3.62. The highest BCUT2D eigenvalue weighted by atomic mass is 32.1. The molecule has 0 bridgehead atoms. The van der Waals surface area contributed by atoms with Crippen molar-refractivity contribution in [1.82, 2.24) is 4.98 Å². The normalized spacial score (nSPS) is 17.5. The van der Waals surface area contributed by atoms with Gasteiger partial charge < -0.3 is 10.4 Å². The number of thiazole rings is 1. The molecule has 1 aliphatic carbocycles. The highest BCUT2D eigenvalue weighted by molar-refractivity contribution is 7.22. The Labute approximate surface area is 121 Å². The van der Waals surface area contributed by atoms with E-state index < -0.39 is 5.60 Å². The standard InChI is InChI=1S/C15H18N2O2S/c1-10-5-4-6-11-13(10)17-14(20-11)16-12(18)9-15(19)7-2-3-8-15/h4-6,19H,2-3,7-9H2,1H3,(H,16,17,18). The SMILES string of the molecule is Cc1cccc2sc(NC(=O)CC3(O)CCCC3)nc12. The Hall–Kier alpha value is -1.46. The maximum atomic E-state index is 12.0. The number of carbonyl (C=O) groups is 1. The minimum Gasteiger partial charge on any atom is -0.389 e. The second-order valence-corrected chi connectivity index (χ2v) is 6.63. The van der Waals surface area contributed by atoms with Crippen molar-refractivity contribution in [3.8, 4) is 0 Å². The molecule has 2 aromatic rings. The number of hydrogen-bond acceptors (Lipinski definition) is 4. The van der Waals surface area contributed by atoms with E-state index in [9.17, 15) is 9.90 Å². The monoisotopic (exact) mass is 290 g/mol. The topological polar surface area (TPSA) is 62.2 Å². The number of anilines is 1. The third-order valence-corrected chi connectivity index (χ3v) is 4.83. The molecule has 1 aliphatic rings. The van der Waals surface area contributed by atoms with Crippen molar-refractivity contribution in [2.75, 3.05) is 5.32 Å². The number of benzene rings is 1. The minimum atomic E-state index is -0.809. The van der Waals surface area contributed by atoms with Gasteiger partial charge in [0.15, 0.2) is 5.13 Å². The fourth-order valence-electron chi connectivity index (χ4n) is 2.81. The van der Waals surface area contributed by atoms with Gasteiger partial charge in [0.1, 0.15) is 0 Å². The minimum absolute atomic E-state index is 0.147. The van der Waals surface area contributed by atoms with E-state index in [0.29, 0.717) is 5.13 Å². The average Bonchev–Trinajstić information content (AvgIpc) is 2.96. The molecule has 0 radical (unpaired) electrons. The number of aromatic nitrogens is 1. The van der Waals surface area contributed by atoms with E-state index in [2.05, 4.69) is 10.3 Å². The number of aryl methyl sites for hydroxylation is 1. The smallest absolute Gasteiger partial charge is 0.229 e. The van der Waals surface area contributed by atoms with Gasteiger partial charge in [0.2, 0.25) is 5.91 Å². The summed E-state index contributed by atoms with van der Waals surface area (Å²) in [5.74, 6) is -0.147. The maximum absolute atomic E-state index is 12.0. The van der Waals surface area contributed by atoms with Crippen LogP contribution in [0.4, 0.5) is 5.13 Å². The second kappa shape index (κ2) is 5.14. The van der Waals surface area contributed by atoms with Crippen LogP contribution in [0.2, 0.25) is 0 Å². The summed E-state index contributed by atoms with van der Waals surface area (Å²) < 4.78 is 1.07. The van der Waals surface area contributed by atoms with E-state index in [4.69, 9.17) is 0 Å². The molecule has 0 unspecified atom stereocenters. The van der Waals surface area contributed by atoms with E-state index in [1.807, 2.05) is 25.1 Å². The van der Waals surface area contributed by atoms with Crippen molar-refractivity contribution < 1.29 is 9.90 Å². The van der Waals surface area contributed by atoms with Crippen LogP contribution in [-0.2, 0) is 4.79 Å². The molecule has 106 valence electrons. The molecule has 2 N–H and O–H groups in total. The van der Waals surface area contributed by atoms with Crippen LogP contribution < -0.4 is 5.32 Å². The quantitative estimate of drug-likeness (QED) is 0.912. The van der Waals surface area contributed by atoms with Crippen LogP contribution in [0.15, 0.2) is 18.2 Å². The lowest BCUT2D eigenvalue weighted by Crippen LogP contribution is -2.30. The second-order valence-electron chi connectivity index (χ2n) is 5.60. The van der Waals surface area contributed by atoms with E-state index in [1.165, 1.54) is 11.3 Å². The number of rotatable bonds is 3. The van der Waals surface area contributed by atoms with Crippen molar-refractivity contribution in [2.24, 2.45) is 0 Å². The molecule has 1 aromatic heterocycles. The Morgan fingerprint density at radius 2 is 2.20 bits per heavy atom. The van der Waals surface area contributed by atoms with Crippen molar-refractivity contribution >= 4 is 32.6 Å². The predicted octanol–water partition coefficient (Wildman–Crippen LogP) is 3.24. The summed E-state index contributed by atoms with van der Waals surface area (Å²) >= 11 is 1.47. The molecule has 20 heavy (non-hydrogen) atoms. The number of hydrogen-bond donors (Lipinski definition) is 2.